The fourth-order valence-electron chi connectivity index (χ4n) is 3.46. The zero-order valence-corrected chi connectivity index (χ0v) is 18.9. The van der Waals surface area contributed by atoms with Gasteiger partial charge in [-0.05, 0) is 31.9 Å². The molecule has 1 fully saturated rings. The van der Waals surface area contributed by atoms with Crippen molar-refractivity contribution in [3.63, 3.8) is 0 Å². The standard InChI is InChI=1S/C22H25N3O6S/c1-4-30-20(27)15-13(3)17(21(28)31-5-2)32-19(15)24-22(29)25-12-11-23-18(26)16(25)14-9-7-6-8-10-14/h6-10,16H,4-5,11-12H2,1-3H3,(H,23,26)(H,24,29). The number of nitrogens with one attached hydrogen (secondary N) is 2. The third-order valence-corrected chi connectivity index (χ3v) is 6.08. The molecule has 2 N–H and O–H groups in total. The summed E-state index contributed by atoms with van der Waals surface area (Å²) in [4.78, 5) is 52.3. The van der Waals surface area contributed by atoms with Gasteiger partial charge in [0, 0.05) is 13.1 Å². The third-order valence-electron chi connectivity index (χ3n) is 4.90. The van der Waals surface area contributed by atoms with Gasteiger partial charge in [0.05, 0.1) is 18.8 Å². The number of rotatable bonds is 6. The monoisotopic (exact) mass is 459 g/mol. The van der Waals surface area contributed by atoms with Crippen molar-refractivity contribution < 1.29 is 28.7 Å². The van der Waals surface area contributed by atoms with Crippen LogP contribution in [0.4, 0.5) is 9.80 Å². The van der Waals surface area contributed by atoms with E-state index in [1.165, 1.54) is 4.90 Å². The van der Waals surface area contributed by atoms with E-state index >= 15 is 0 Å². The van der Waals surface area contributed by atoms with E-state index in [9.17, 15) is 19.2 Å². The molecule has 1 aliphatic heterocycles. The molecule has 1 aromatic heterocycles. The van der Waals surface area contributed by atoms with Crippen LogP contribution in [0.25, 0.3) is 0 Å². The molecule has 3 amide bonds. The van der Waals surface area contributed by atoms with Crippen molar-refractivity contribution in [1.29, 1.82) is 0 Å². The molecule has 0 bridgehead atoms. The van der Waals surface area contributed by atoms with E-state index in [2.05, 4.69) is 10.6 Å². The lowest BCUT2D eigenvalue weighted by Crippen LogP contribution is -2.53. The second-order valence-corrected chi connectivity index (χ2v) is 7.95. The highest BCUT2D eigenvalue weighted by Gasteiger charge is 2.36. The Hall–Kier alpha value is -3.40. The van der Waals surface area contributed by atoms with Crippen LogP contribution in [0.1, 0.15) is 51.0 Å². The predicted molar refractivity (Wildman–Crippen MR) is 119 cm³/mol. The molecule has 1 unspecified atom stereocenters. The minimum Gasteiger partial charge on any atom is -0.462 e. The number of esters is 2. The van der Waals surface area contributed by atoms with Crippen molar-refractivity contribution in [2.45, 2.75) is 26.8 Å². The minimum absolute atomic E-state index is 0.103. The molecular weight excluding hydrogens is 434 g/mol. The summed E-state index contributed by atoms with van der Waals surface area (Å²) in [6.45, 7) is 5.85. The Morgan fingerprint density at radius 1 is 1.12 bits per heavy atom. The van der Waals surface area contributed by atoms with Crippen molar-refractivity contribution in [3.05, 3.63) is 51.9 Å². The van der Waals surface area contributed by atoms with E-state index in [4.69, 9.17) is 9.47 Å². The number of amides is 3. The number of urea groups is 1. The van der Waals surface area contributed by atoms with Crippen molar-refractivity contribution in [2.75, 3.05) is 31.6 Å². The Kier molecular flexibility index (Phi) is 7.47. The Morgan fingerprint density at radius 3 is 2.44 bits per heavy atom. The van der Waals surface area contributed by atoms with E-state index in [-0.39, 0.29) is 41.1 Å². The fraction of sp³-hybridized carbons (Fsp3) is 0.364. The highest BCUT2D eigenvalue weighted by atomic mass is 32.1. The predicted octanol–water partition coefficient (Wildman–Crippen LogP) is 3.11. The lowest BCUT2D eigenvalue weighted by atomic mass is 10.0. The van der Waals surface area contributed by atoms with E-state index in [1.807, 2.05) is 6.07 Å². The summed E-state index contributed by atoms with van der Waals surface area (Å²) < 4.78 is 10.2. The number of hydrogen-bond acceptors (Lipinski definition) is 7. The zero-order chi connectivity index (χ0) is 23.3. The molecule has 3 rings (SSSR count). The maximum atomic E-state index is 13.2. The average molecular weight is 460 g/mol. The fourth-order valence-corrected chi connectivity index (χ4v) is 4.54. The summed E-state index contributed by atoms with van der Waals surface area (Å²) in [5.41, 5.74) is 1.14. The molecule has 9 nitrogen and oxygen atoms in total. The molecule has 0 saturated carbocycles. The molecule has 1 atom stereocenters. The van der Waals surface area contributed by atoms with Crippen LogP contribution < -0.4 is 10.6 Å². The maximum Gasteiger partial charge on any atom is 0.348 e. The first kappa shape index (κ1) is 23.3. The second kappa shape index (κ2) is 10.3. The average Bonchev–Trinajstić information content (AvgIpc) is 3.10. The molecule has 170 valence electrons. The van der Waals surface area contributed by atoms with Crippen molar-refractivity contribution >= 4 is 40.2 Å². The van der Waals surface area contributed by atoms with E-state index in [1.54, 1.807) is 45.0 Å². The largest absolute Gasteiger partial charge is 0.462 e. The first-order chi connectivity index (χ1) is 15.4. The van der Waals surface area contributed by atoms with Gasteiger partial charge in [-0.25, -0.2) is 14.4 Å². The Balaban J connectivity index is 1.94. The summed E-state index contributed by atoms with van der Waals surface area (Å²) in [5.74, 6) is -1.53. The number of piperazine rings is 1. The molecule has 1 aliphatic rings. The number of hydrogen-bond donors (Lipinski definition) is 2. The minimum atomic E-state index is -0.818. The molecule has 2 heterocycles. The molecule has 2 aromatic rings. The highest BCUT2D eigenvalue weighted by molar-refractivity contribution is 7.18. The van der Waals surface area contributed by atoms with Gasteiger partial charge >= 0.3 is 18.0 Å². The summed E-state index contributed by atoms with van der Waals surface area (Å²) in [6.07, 6.45) is 0. The smallest absolute Gasteiger partial charge is 0.348 e. The molecule has 10 heteroatoms. The second-order valence-electron chi connectivity index (χ2n) is 6.93. The van der Waals surface area contributed by atoms with Gasteiger partial charge in [0.2, 0.25) is 5.91 Å². The van der Waals surface area contributed by atoms with Crippen LogP contribution in [0.3, 0.4) is 0 Å². The maximum absolute atomic E-state index is 13.2. The van der Waals surface area contributed by atoms with Crippen LogP contribution in [0.5, 0.6) is 0 Å². The van der Waals surface area contributed by atoms with E-state index < -0.39 is 24.0 Å². The summed E-state index contributed by atoms with van der Waals surface area (Å²) in [5, 5.41) is 5.66. The lowest BCUT2D eigenvalue weighted by molar-refractivity contribution is -0.127. The topological polar surface area (TPSA) is 114 Å². The van der Waals surface area contributed by atoms with Crippen molar-refractivity contribution in [3.8, 4) is 0 Å². The number of ether oxygens (including phenoxy) is 2. The SMILES string of the molecule is CCOC(=O)c1sc(NC(=O)N2CCNC(=O)C2c2ccccc2)c(C(=O)OCC)c1C. The number of benzene rings is 1. The van der Waals surface area contributed by atoms with Crippen LogP contribution in [-0.4, -0.2) is 55.1 Å². The highest BCUT2D eigenvalue weighted by Crippen LogP contribution is 2.35. The quantitative estimate of drug-likeness (QED) is 0.642. The first-order valence-corrected chi connectivity index (χ1v) is 11.1. The molecule has 1 saturated heterocycles. The van der Waals surface area contributed by atoms with Crippen LogP contribution in [0.15, 0.2) is 30.3 Å². The summed E-state index contributed by atoms with van der Waals surface area (Å²) >= 11 is 0.944. The van der Waals surface area contributed by atoms with Gasteiger partial charge in [-0.2, -0.15) is 0 Å². The van der Waals surface area contributed by atoms with Crippen LogP contribution in [0.2, 0.25) is 0 Å². The molecule has 0 aliphatic carbocycles. The number of nitrogens with zero attached hydrogens (tertiary/aromatic N) is 1. The van der Waals surface area contributed by atoms with Gasteiger partial charge < -0.3 is 19.7 Å². The van der Waals surface area contributed by atoms with Gasteiger partial charge in [-0.3, -0.25) is 10.1 Å². The Morgan fingerprint density at radius 2 is 1.78 bits per heavy atom. The molecular formula is C22H25N3O6S. The van der Waals surface area contributed by atoms with Crippen LogP contribution in [-0.2, 0) is 14.3 Å². The van der Waals surface area contributed by atoms with Gasteiger partial charge in [-0.15, -0.1) is 11.3 Å². The van der Waals surface area contributed by atoms with E-state index in [0.717, 1.165) is 11.3 Å². The number of carbonyl (C=O) groups excluding carboxylic acids is 4. The Labute approximate surface area is 189 Å². The van der Waals surface area contributed by atoms with Crippen molar-refractivity contribution in [1.82, 2.24) is 10.2 Å². The third kappa shape index (κ3) is 4.75. The van der Waals surface area contributed by atoms with E-state index in [0.29, 0.717) is 17.7 Å². The normalized spacial score (nSPS) is 15.7. The van der Waals surface area contributed by atoms with Gasteiger partial charge in [0.1, 0.15) is 15.9 Å². The number of anilines is 1. The molecule has 0 radical (unpaired) electrons. The number of carbonyl (C=O) groups is 4. The Bertz CT molecular complexity index is 1020. The molecule has 0 spiro atoms. The zero-order valence-electron chi connectivity index (χ0n) is 18.1. The summed E-state index contributed by atoms with van der Waals surface area (Å²) in [7, 11) is 0. The van der Waals surface area contributed by atoms with Gasteiger partial charge in [-0.1, -0.05) is 30.3 Å². The van der Waals surface area contributed by atoms with Crippen molar-refractivity contribution in [2.24, 2.45) is 0 Å². The first-order valence-electron chi connectivity index (χ1n) is 10.3. The number of thiophene rings is 1. The van der Waals surface area contributed by atoms with Crippen LogP contribution >= 0.6 is 11.3 Å². The van der Waals surface area contributed by atoms with Gasteiger partial charge in [0.25, 0.3) is 0 Å². The van der Waals surface area contributed by atoms with Gasteiger partial charge in [0.15, 0.2) is 0 Å². The molecule has 32 heavy (non-hydrogen) atoms. The summed E-state index contributed by atoms with van der Waals surface area (Å²) in [6, 6.07) is 7.58. The van der Waals surface area contributed by atoms with Crippen LogP contribution in [0, 0.1) is 6.92 Å². The lowest BCUT2D eigenvalue weighted by Gasteiger charge is -2.35. The molecule has 1 aromatic carbocycles.